The first-order chi connectivity index (χ1) is 8.68. The Bertz CT molecular complexity index is 580. The summed E-state index contributed by atoms with van der Waals surface area (Å²) in [6.07, 6.45) is 2.57. The van der Waals surface area contributed by atoms with Gasteiger partial charge in [0.1, 0.15) is 11.4 Å². The molecule has 1 aromatic heterocycles. The lowest BCUT2D eigenvalue weighted by molar-refractivity contribution is 0.348. The molecule has 96 valence electrons. The fourth-order valence-corrected chi connectivity index (χ4v) is 3.05. The average Bonchev–Trinajstić information content (AvgIpc) is 2.84. The van der Waals surface area contributed by atoms with E-state index in [9.17, 15) is 4.39 Å². The molecule has 1 N–H and O–H groups in total. The van der Waals surface area contributed by atoms with Crippen molar-refractivity contribution in [3.8, 4) is 0 Å². The lowest BCUT2D eigenvalue weighted by atomic mass is 9.82. The zero-order valence-electron chi connectivity index (χ0n) is 10.2. The van der Waals surface area contributed by atoms with E-state index in [-0.39, 0.29) is 10.8 Å². The van der Waals surface area contributed by atoms with Crippen LogP contribution >= 0.6 is 11.6 Å². The lowest BCUT2D eigenvalue weighted by Crippen LogP contribution is -2.33. The largest absolute Gasteiger partial charge is 0.464 e. The SMILES string of the molecule is CC1CNCCC1c1cc(F)c(Cl)c2ccoc12. The molecule has 0 bridgehead atoms. The quantitative estimate of drug-likeness (QED) is 0.847. The van der Waals surface area contributed by atoms with Crippen molar-refractivity contribution in [2.45, 2.75) is 19.3 Å². The van der Waals surface area contributed by atoms with Crippen LogP contribution in [0.5, 0.6) is 0 Å². The summed E-state index contributed by atoms with van der Waals surface area (Å²) in [5.74, 6) is 0.436. The van der Waals surface area contributed by atoms with Gasteiger partial charge in [-0.2, -0.15) is 0 Å². The minimum Gasteiger partial charge on any atom is -0.464 e. The third-order valence-electron chi connectivity index (χ3n) is 3.84. The molecule has 0 radical (unpaired) electrons. The van der Waals surface area contributed by atoms with Gasteiger partial charge >= 0.3 is 0 Å². The smallest absolute Gasteiger partial charge is 0.142 e. The van der Waals surface area contributed by atoms with Gasteiger partial charge in [0.05, 0.1) is 11.3 Å². The lowest BCUT2D eigenvalue weighted by Gasteiger charge is -2.30. The summed E-state index contributed by atoms with van der Waals surface area (Å²) >= 11 is 5.97. The third-order valence-corrected chi connectivity index (χ3v) is 4.22. The molecule has 1 fully saturated rings. The molecule has 4 heteroatoms. The van der Waals surface area contributed by atoms with Crippen LogP contribution in [0.1, 0.15) is 24.8 Å². The first-order valence-corrected chi connectivity index (χ1v) is 6.62. The number of nitrogens with one attached hydrogen (secondary N) is 1. The van der Waals surface area contributed by atoms with Crippen LogP contribution in [-0.2, 0) is 0 Å². The standard InChI is InChI=1S/C14H15ClFNO/c1-8-7-17-4-2-9(8)11-6-12(16)13(15)10-3-5-18-14(10)11/h3,5-6,8-9,17H,2,4,7H2,1H3. The topological polar surface area (TPSA) is 25.2 Å². The first kappa shape index (κ1) is 12.0. The highest BCUT2D eigenvalue weighted by molar-refractivity contribution is 6.35. The number of hydrogen-bond donors (Lipinski definition) is 1. The van der Waals surface area contributed by atoms with Crippen LogP contribution in [-0.4, -0.2) is 13.1 Å². The Hall–Kier alpha value is -1.06. The molecule has 2 atom stereocenters. The fourth-order valence-electron chi connectivity index (χ4n) is 2.85. The number of piperidine rings is 1. The summed E-state index contributed by atoms with van der Waals surface area (Å²) in [6.45, 7) is 4.09. The van der Waals surface area contributed by atoms with Crippen molar-refractivity contribution in [2.24, 2.45) is 5.92 Å². The molecule has 0 saturated carbocycles. The predicted molar refractivity (Wildman–Crippen MR) is 70.6 cm³/mol. The van der Waals surface area contributed by atoms with Crippen molar-refractivity contribution in [3.05, 3.63) is 34.8 Å². The predicted octanol–water partition coefficient (Wildman–Crippen LogP) is 3.94. The normalized spacial score (nSPS) is 24.6. The van der Waals surface area contributed by atoms with E-state index in [0.717, 1.165) is 30.7 Å². The molecule has 1 saturated heterocycles. The molecular weight excluding hydrogens is 253 g/mol. The average molecular weight is 268 g/mol. The van der Waals surface area contributed by atoms with Crippen molar-refractivity contribution in [2.75, 3.05) is 13.1 Å². The second-order valence-electron chi connectivity index (χ2n) is 5.00. The Labute approximate surface area is 110 Å². The van der Waals surface area contributed by atoms with E-state index in [4.69, 9.17) is 16.0 Å². The van der Waals surface area contributed by atoms with Gasteiger partial charge in [0, 0.05) is 10.9 Å². The minimum atomic E-state index is -0.355. The van der Waals surface area contributed by atoms with Gasteiger partial charge in [-0.3, -0.25) is 0 Å². The van der Waals surface area contributed by atoms with Crippen LogP contribution in [0.3, 0.4) is 0 Å². The van der Waals surface area contributed by atoms with E-state index in [1.807, 2.05) is 0 Å². The number of halogens is 2. The van der Waals surface area contributed by atoms with E-state index in [2.05, 4.69) is 12.2 Å². The summed E-state index contributed by atoms with van der Waals surface area (Å²) in [7, 11) is 0. The molecule has 2 unspecified atom stereocenters. The Morgan fingerprint density at radius 1 is 1.50 bits per heavy atom. The van der Waals surface area contributed by atoms with Crippen molar-refractivity contribution in [1.82, 2.24) is 5.32 Å². The number of fused-ring (bicyclic) bond motifs is 1. The highest BCUT2D eigenvalue weighted by Crippen LogP contribution is 2.38. The van der Waals surface area contributed by atoms with Crippen LogP contribution in [0.4, 0.5) is 4.39 Å². The van der Waals surface area contributed by atoms with Gasteiger partial charge in [0.2, 0.25) is 0 Å². The molecule has 2 heterocycles. The van der Waals surface area contributed by atoms with Crippen LogP contribution in [0.25, 0.3) is 11.0 Å². The molecule has 0 amide bonds. The molecule has 1 aliphatic heterocycles. The summed E-state index contributed by atoms with van der Waals surface area (Å²) in [5, 5.41) is 4.19. The molecule has 1 aliphatic rings. The Kier molecular flexibility index (Phi) is 3.04. The summed E-state index contributed by atoms with van der Waals surface area (Å²) < 4.78 is 19.4. The Morgan fingerprint density at radius 3 is 3.11 bits per heavy atom. The van der Waals surface area contributed by atoms with E-state index in [1.54, 1.807) is 18.4 Å². The maximum Gasteiger partial charge on any atom is 0.142 e. The highest BCUT2D eigenvalue weighted by atomic mass is 35.5. The minimum absolute atomic E-state index is 0.157. The fraction of sp³-hybridized carbons (Fsp3) is 0.429. The second kappa shape index (κ2) is 4.56. The maximum absolute atomic E-state index is 13.9. The van der Waals surface area contributed by atoms with Crippen molar-refractivity contribution < 1.29 is 8.81 Å². The summed E-state index contributed by atoms with van der Waals surface area (Å²) in [5.41, 5.74) is 1.69. The second-order valence-corrected chi connectivity index (χ2v) is 5.38. The molecular formula is C14H15ClFNO. The Morgan fingerprint density at radius 2 is 2.33 bits per heavy atom. The van der Waals surface area contributed by atoms with Gasteiger partial charge in [0.25, 0.3) is 0 Å². The zero-order chi connectivity index (χ0) is 12.7. The highest BCUT2D eigenvalue weighted by Gasteiger charge is 2.27. The Balaban J connectivity index is 2.16. The number of rotatable bonds is 1. The van der Waals surface area contributed by atoms with Crippen molar-refractivity contribution in [3.63, 3.8) is 0 Å². The molecule has 1 aromatic carbocycles. The summed E-state index contributed by atoms with van der Waals surface area (Å²) in [4.78, 5) is 0. The molecule has 0 spiro atoms. The molecule has 2 nitrogen and oxygen atoms in total. The van der Waals surface area contributed by atoms with Gasteiger partial charge in [-0.1, -0.05) is 18.5 Å². The number of benzene rings is 1. The van der Waals surface area contributed by atoms with Crippen molar-refractivity contribution >= 4 is 22.6 Å². The molecule has 18 heavy (non-hydrogen) atoms. The van der Waals surface area contributed by atoms with Gasteiger partial charge in [-0.05, 0) is 43.5 Å². The number of furan rings is 1. The van der Waals surface area contributed by atoms with Gasteiger partial charge in [0.15, 0.2) is 0 Å². The van der Waals surface area contributed by atoms with Gasteiger partial charge < -0.3 is 9.73 Å². The first-order valence-electron chi connectivity index (χ1n) is 6.24. The third kappa shape index (κ3) is 1.82. The van der Waals surface area contributed by atoms with Gasteiger partial charge in [-0.25, -0.2) is 4.39 Å². The van der Waals surface area contributed by atoms with E-state index in [0.29, 0.717) is 17.2 Å². The number of hydrogen-bond acceptors (Lipinski definition) is 2. The van der Waals surface area contributed by atoms with Crippen LogP contribution < -0.4 is 5.32 Å². The maximum atomic E-state index is 13.9. The zero-order valence-corrected chi connectivity index (χ0v) is 10.9. The van der Waals surface area contributed by atoms with Crippen LogP contribution in [0.15, 0.2) is 22.8 Å². The van der Waals surface area contributed by atoms with E-state index in [1.165, 1.54) is 0 Å². The van der Waals surface area contributed by atoms with E-state index < -0.39 is 0 Å². The van der Waals surface area contributed by atoms with Gasteiger partial charge in [-0.15, -0.1) is 0 Å². The molecule has 3 rings (SSSR count). The van der Waals surface area contributed by atoms with Crippen LogP contribution in [0.2, 0.25) is 5.02 Å². The van der Waals surface area contributed by atoms with Crippen molar-refractivity contribution in [1.29, 1.82) is 0 Å². The monoisotopic (exact) mass is 267 g/mol. The molecule has 2 aromatic rings. The summed E-state index contributed by atoms with van der Waals surface area (Å²) in [6, 6.07) is 3.27. The van der Waals surface area contributed by atoms with Crippen LogP contribution in [0, 0.1) is 11.7 Å². The van der Waals surface area contributed by atoms with E-state index >= 15 is 0 Å². The molecule has 0 aliphatic carbocycles.